The van der Waals surface area contributed by atoms with E-state index in [1.807, 2.05) is 24.3 Å². The van der Waals surface area contributed by atoms with Crippen LogP contribution in [0.25, 0.3) is 0 Å². The minimum absolute atomic E-state index is 0.373. The molecule has 0 unspecified atom stereocenters. The lowest BCUT2D eigenvalue weighted by molar-refractivity contribution is -0.134. The second-order valence-electron chi connectivity index (χ2n) is 4.50. The lowest BCUT2D eigenvalue weighted by Crippen LogP contribution is -2.38. The Hall–Kier alpha value is -2.69. The topological polar surface area (TPSA) is 62.3 Å². The summed E-state index contributed by atoms with van der Waals surface area (Å²) in [6.45, 7) is 0.536. The molecule has 0 saturated heterocycles. The number of carbonyl (C=O) groups excluding carboxylic acids is 2. The van der Waals surface area contributed by atoms with Crippen LogP contribution in [0, 0.1) is 0 Å². The average Bonchev–Trinajstić information content (AvgIpc) is 2.91. The first kappa shape index (κ1) is 12.3. The molecular formula is C15H13N3O2. The molecule has 1 aromatic carbocycles. The molecular weight excluding hydrogens is 254 g/mol. The summed E-state index contributed by atoms with van der Waals surface area (Å²) in [4.78, 5) is 29.6. The normalized spacial score (nSPS) is 12.9. The minimum atomic E-state index is -0.666. The van der Waals surface area contributed by atoms with Gasteiger partial charge in [-0.15, -0.1) is 0 Å². The number of hydrogen-bond acceptors (Lipinski definition) is 3. The third kappa shape index (κ3) is 2.25. The van der Waals surface area contributed by atoms with Crippen LogP contribution in [0.4, 0.5) is 11.5 Å². The molecule has 1 aliphatic rings. The smallest absolute Gasteiger partial charge is 0.304 e. The van der Waals surface area contributed by atoms with Crippen molar-refractivity contribution < 1.29 is 9.59 Å². The first-order valence-corrected chi connectivity index (χ1v) is 6.37. The summed E-state index contributed by atoms with van der Waals surface area (Å²) in [5.41, 5.74) is 1.90. The molecule has 0 atom stereocenters. The number of anilines is 2. The highest BCUT2D eigenvalue weighted by Crippen LogP contribution is 2.27. The van der Waals surface area contributed by atoms with E-state index in [2.05, 4.69) is 10.3 Å². The van der Waals surface area contributed by atoms with E-state index in [9.17, 15) is 9.59 Å². The zero-order valence-electron chi connectivity index (χ0n) is 10.7. The van der Waals surface area contributed by atoms with E-state index in [4.69, 9.17) is 0 Å². The molecule has 0 bridgehead atoms. The zero-order chi connectivity index (χ0) is 13.9. The van der Waals surface area contributed by atoms with Crippen LogP contribution in [0.5, 0.6) is 0 Å². The predicted octanol–water partition coefficient (Wildman–Crippen LogP) is 1.61. The van der Waals surface area contributed by atoms with E-state index in [1.54, 1.807) is 24.4 Å². The van der Waals surface area contributed by atoms with E-state index in [0.29, 0.717) is 12.4 Å². The number of aromatic nitrogens is 1. The molecule has 1 N–H and O–H groups in total. The van der Waals surface area contributed by atoms with Gasteiger partial charge >= 0.3 is 11.8 Å². The van der Waals surface area contributed by atoms with Crippen molar-refractivity contribution in [3.8, 4) is 0 Å². The summed E-state index contributed by atoms with van der Waals surface area (Å²) in [7, 11) is 0. The van der Waals surface area contributed by atoms with Crippen molar-refractivity contribution in [2.45, 2.75) is 6.42 Å². The largest absolute Gasteiger partial charge is 0.316 e. The first-order valence-electron chi connectivity index (χ1n) is 6.37. The monoisotopic (exact) mass is 267 g/mol. The van der Waals surface area contributed by atoms with Crippen LogP contribution in [0.15, 0.2) is 48.7 Å². The molecule has 0 saturated carbocycles. The van der Waals surface area contributed by atoms with Gasteiger partial charge in [0, 0.05) is 18.4 Å². The fraction of sp³-hybridized carbons (Fsp3) is 0.133. The Morgan fingerprint density at radius 2 is 1.90 bits per heavy atom. The van der Waals surface area contributed by atoms with Gasteiger partial charge in [0.1, 0.15) is 5.82 Å². The molecule has 2 amide bonds. The van der Waals surface area contributed by atoms with E-state index in [1.165, 1.54) is 4.90 Å². The van der Waals surface area contributed by atoms with Gasteiger partial charge in [0.05, 0.1) is 0 Å². The van der Waals surface area contributed by atoms with Gasteiger partial charge in [-0.3, -0.25) is 9.59 Å². The summed E-state index contributed by atoms with van der Waals surface area (Å²) in [6, 6.07) is 12.8. The van der Waals surface area contributed by atoms with Crippen molar-refractivity contribution in [3.63, 3.8) is 0 Å². The third-order valence-electron chi connectivity index (χ3n) is 3.23. The second kappa shape index (κ2) is 5.13. The Morgan fingerprint density at radius 3 is 2.70 bits per heavy atom. The van der Waals surface area contributed by atoms with Crippen LogP contribution < -0.4 is 10.2 Å². The zero-order valence-corrected chi connectivity index (χ0v) is 10.7. The molecule has 20 heavy (non-hydrogen) atoms. The number of fused-ring (bicyclic) bond motifs is 1. The van der Waals surface area contributed by atoms with Crippen molar-refractivity contribution in [1.82, 2.24) is 4.98 Å². The molecule has 5 nitrogen and oxygen atoms in total. The van der Waals surface area contributed by atoms with Gasteiger partial charge < -0.3 is 10.2 Å². The SMILES string of the molecule is O=C(Nc1ccccn1)C(=O)N1CCc2ccccc21. The summed E-state index contributed by atoms with van der Waals surface area (Å²) in [6.07, 6.45) is 2.34. The number of benzene rings is 1. The van der Waals surface area contributed by atoms with E-state index < -0.39 is 11.8 Å². The Kier molecular flexibility index (Phi) is 3.16. The fourth-order valence-corrected chi connectivity index (χ4v) is 2.28. The molecule has 2 aromatic rings. The van der Waals surface area contributed by atoms with Gasteiger partial charge in [0.2, 0.25) is 0 Å². The third-order valence-corrected chi connectivity index (χ3v) is 3.23. The molecule has 1 aliphatic heterocycles. The van der Waals surface area contributed by atoms with Crippen molar-refractivity contribution in [2.75, 3.05) is 16.8 Å². The van der Waals surface area contributed by atoms with E-state index in [0.717, 1.165) is 17.7 Å². The van der Waals surface area contributed by atoms with Crippen molar-refractivity contribution >= 4 is 23.3 Å². The Bertz CT molecular complexity index is 655. The standard InChI is InChI=1S/C15H13N3O2/c19-14(17-13-7-3-4-9-16-13)15(20)18-10-8-11-5-1-2-6-12(11)18/h1-7,9H,8,10H2,(H,16,17,19). The Morgan fingerprint density at radius 1 is 1.10 bits per heavy atom. The molecule has 5 heteroatoms. The number of carbonyl (C=O) groups is 2. The van der Waals surface area contributed by atoms with Crippen LogP contribution in [-0.2, 0) is 16.0 Å². The molecule has 0 aliphatic carbocycles. The maximum absolute atomic E-state index is 12.2. The highest BCUT2D eigenvalue weighted by atomic mass is 16.2. The Balaban J connectivity index is 1.76. The first-order chi connectivity index (χ1) is 9.75. The Labute approximate surface area is 116 Å². The number of amides is 2. The molecule has 0 spiro atoms. The fourth-order valence-electron chi connectivity index (χ4n) is 2.28. The number of pyridine rings is 1. The predicted molar refractivity (Wildman–Crippen MR) is 75.4 cm³/mol. The van der Waals surface area contributed by atoms with Gasteiger partial charge in [-0.25, -0.2) is 4.98 Å². The second-order valence-corrected chi connectivity index (χ2v) is 4.50. The molecule has 3 rings (SSSR count). The van der Waals surface area contributed by atoms with Crippen molar-refractivity contribution in [1.29, 1.82) is 0 Å². The highest BCUT2D eigenvalue weighted by Gasteiger charge is 2.28. The maximum atomic E-state index is 12.2. The van der Waals surface area contributed by atoms with Gasteiger partial charge in [-0.1, -0.05) is 24.3 Å². The van der Waals surface area contributed by atoms with Crippen molar-refractivity contribution in [2.24, 2.45) is 0 Å². The van der Waals surface area contributed by atoms with Crippen LogP contribution in [0.2, 0.25) is 0 Å². The minimum Gasteiger partial charge on any atom is -0.304 e. The lowest BCUT2D eigenvalue weighted by atomic mass is 10.2. The van der Waals surface area contributed by atoms with Crippen LogP contribution >= 0.6 is 0 Å². The number of hydrogen-bond donors (Lipinski definition) is 1. The summed E-state index contributed by atoms with van der Waals surface area (Å²) in [5.74, 6) is -0.848. The van der Waals surface area contributed by atoms with E-state index in [-0.39, 0.29) is 0 Å². The summed E-state index contributed by atoms with van der Waals surface area (Å²) >= 11 is 0. The van der Waals surface area contributed by atoms with Gasteiger partial charge in [0.15, 0.2) is 0 Å². The quantitative estimate of drug-likeness (QED) is 0.798. The number of nitrogens with one attached hydrogen (secondary N) is 1. The van der Waals surface area contributed by atoms with Crippen LogP contribution in [0.3, 0.4) is 0 Å². The van der Waals surface area contributed by atoms with Crippen molar-refractivity contribution in [3.05, 3.63) is 54.2 Å². The van der Waals surface area contributed by atoms with Crippen LogP contribution in [-0.4, -0.2) is 23.3 Å². The summed E-state index contributed by atoms with van der Waals surface area (Å²) in [5, 5.41) is 2.51. The van der Waals surface area contributed by atoms with E-state index >= 15 is 0 Å². The summed E-state index contributed by atoms with van der Waals surface area (Å²) < 4.78 is 0. The number of para-hydroxylation sites is 1. The molecule has 0 fully saturated rings. The molecule has 100 valence electrons. The van der Waals surface area contributed by atoms with Crippen LogP contribution in [0.1, 0.15) is 5.56 Å². The average molecular weight is 267 g/mol. The van der Waals surface area contributed by atoms with Gasteiger partial charge in [0.25, 0.3) is 0 Å². The van der Waals surface area contributed by atoms with Gasteiger partial charge in [-0.05, 0) is 30.2 Å². The highest BCUT2D eigenvalue weighted by molar-refractivity contribution is 6.44. The van der Waals surface area contributed by atoms with Gasteiger partial charge in [-0.2, -0.15) is 0 Å². The number of nitrogens with zero attached hydrogens (tertiary/aromatic N) is 2. The molecule has 0 radical (unpaired) electrons. The number of rotatable bonds is 1. The molecule has 1 aromatic heterocycles. The maximum Gasteiger partial charge on any atom is 0.316 e. The molecule has 2 heterocycles. The lowest BCUT2D eigenvalue weighted by Gasteiger charge is -2.16.